The van der Waals surface area contributed by atoms with E-state index in [1.165, 1.54) is 24.8 Å². The Morgan fingerprint density at radius 1 is 1.35 bits per heavy atom. The number of anilines is 1. The van der Waals surface area contributed by atoms with Gasteiger partial charge >= 0.3 is 0 Å². The topological polar surface area (TPSA) is 68.9 Å². The molecule has 1 saturated heterocycles. The SMILES string of the molecule is CCc1cccc(NC(N)=NCC2COC3(CCCCC3)O2)c1. The van der Waals surface area contributed by atoms with Gasteiger partial charge in [-0.3, -0.25) is 4.99 Å². The summed E-state index contributed by atoms with van der Waals surface area (Å²) in [6, 6.07) is 8.21. The molecule has 1 saturated carbocycles. The minimum atomic E-state index is -0.337. The molecule has 3 N–H and O–H groups in total. The Bertz CT molecular complexity index is 553. The van der Waals surface area contributed by atoms with Crippen LogP contribution in [0.4, 0.5) is 5.69 Å². The fraction of sp³-hybridized carbons (Fsp3) is 0.611. The van der Waals surface area contributed by atoms with E-state index in [9.17, 15) is 0 Å². The van der Waals surface area contributed by atoms with Crippen molar-refractivity contribution in [3.63, 3.8) is 0 Å². The highest BCUT2D eigenvalue weighted by Gasteiger charge is 2.41. The Hall–Kier alpha value is -1.59. The fourth-order valence-corrected chi connectivity index (χ4v) is 3.32. The summed E-state index contributed by atoms with van der Waals surface area (Å²) in [7, 11) is 0. The molecule has 1 aliphatic heterocycles. The van der Waals surface area contributed by atoms with Crippen molar-refractivity contribution in [2.24, 2.45) is 10.7 Å². The number of aryl methyl sites for hydroxylation is 1. The molecular formula is C18H27N3O2. The Morgan fingerprint density at radius 3 is 2.96 bits per heavy atom. The molecule has 0 radical (unpaired) electrons. The zero-order valence-corrected chi connectivity index (χ0v) is 13.9. The first-order valence-corrected chi connectivity index (χ1v) is 8.67. The first-order chi connectivity index (χ1) is 11.2. The largest absolute Gasteiger partial charge is 0.370 e. The lowest BCUT2D eigenvalue weighted by atomic mass is 9.94. The van der Waals surface area contributed by atoms with Crippen LogP contribution < -0.4 is 11.1 Å². The molecule has 1 atom stereocenters. The predicted molar refractivity (Wildman–Crippen MR) is 92.6 cm³/mol. The third-order valence-electron chi connectivity index (χ3n) is 4.60. The number of ether oxygens (including phenoxy) is 2. The van der Waals surface area contributed by atoms with Gasteiger partial charge in [0.05, 0.1) is 13.2 Å². The van der Waals surface area contributed by atoms with Crippen LogP contribution in [-0.4, -0.2) is 31.0 Å². The normalized spacial score (nSPS) is 24.0. The number of rotatable bonds is 4. The summed E-state index contributed by atoms with van der Waals surface area (Å²) in [6.07, 6.45) is 6.68. The van der Waals surface area contributed by atoms with Crippen LogP contribution >= 0.6 is 0 Å². The van der Waals surface area contributed by atoms with Crippen molar-refractivity contribution in [3.05, 3.63) is 29.8 Å². The number of hydrogen-bond acceptors (Lipinski definition) is 3. The summed E-state index contributed by atoms with van der Waals surface area (Å²) in [5.41, 5.74) is 8.23. The Labute approximate surface area is 138 Å². The van der Waals surface area contributed by atoms with E-state index >= 15 is 0 Å². The molecule has 0 bridgehead atoms. The summed E-state index contributed by atoms with van der Waals surface area (Å²) in [5.74, 6) is 0.0854. The molecule has 23 heavy (non-hydrogen) atoms. The Morgan fingerprint density at radius 2 is 2.17 bits per heavy atom. The molecule has 5 nitrogen and oxygen atoms in total. The van der Waals surface area contributed by atoms with E-state index in [0.717, 1.165) is 24.9 Å². The first-order valence-electron chi connectivity index (χ1n) is 8.67. The van der Waals surface area contributed by atoms with Crippen molar-refractivity contribution in [1.29, 1.82) is 0 Å². The Balaban J connectivity index is 1.51. The minimum absolute atomic E-state index is 0.00965. The molecule has 3 rings (SSSR count). The zero-order chi connectivity index (χ0) is 16.1. The molecule has 1 heterocycles. The van der Waals surface area contributed by atoms with E-state index in [1.807, 2.05) is 12.1 Å². The van der Waals surface area contributed by atoms with E-state index < -0.39 is 0 Å². The highest BCUT2D eigenvalue weighted by molar-refractivity contribution is 5.92. The van der Waals surface area contributed by atoms with Gasteiger partial charge in [-0.05, 0) is 37.0 Å². The summed E-state index contributed by atoms with van der Waals surface area (Å²) in [5, 5.41) is 3.14. The van der Waals surface area contributed by atoms with E-state index in [4.69, 9.17) is 15.2 Å². The standard InChI is InChI=1S/C18H27N3O2/c1-2-14-7-6-8-15(11-14)21-17(19)20-12-16-13-22-18(23-16)9-4-3-5-10-18/h6-8,11,16H,2-5,9-10,12-13H2,1H3,(H3,19,20,21). The van der Waals surface area contributed by atoms with Crippen molar-refractivity contribution in [1.82, 2.24) is 0 Å². The zero-order valence-electron chi connectivity index (χ0n) is 13.9. The van der Waals surface area contributed by atoms with Crippen LogP contribution in [0.5, 0.6) is 0 Å². The second kappa shape index (κ2) is 7.32. The van der Waals surface area contributed by atoms with Crippen LogP contribution in [0.25, 0.3) is 0 Å². The summed E-state index contributed by atoms with van der Waals surface area (Å²) in [6.45, 7) is 3.28. The van der Waals surface area contributed by atoms with Crippen LogP contribution in [0.15, 0.2) is 29.3 Å². The minimum Gasteiger partial charge on any atom is -0.370 e. The second-order valence-corrected chi connectivity index (χ2v) is 6.43. The van der Waals surface area contributed by atoms with Crippen molar-refractivity contribution in [3.8, 4) is 0 Å². The van der Waals surface area contributed by atoms with Crippen molar-refractivity contribution >= 4 is 11.6 Å². The van der Waals surface area contributed by atoms with Gasteiger partial charge in [-0.15, -0.1) is 0 Å². The maximum atomic E-state index is 6.11. The van der Waals surface area contributed by atoms with E-state index in [2.05, 4.69) is 29.4 Å². The molecule has 2 fully saturated rings. The maximum absolute atomic E-state index is 6.11. The van der Waals surface area contributed by atoms with Gasteiger partial charge in [0.2, 0.25) is 0 Å². The Kier molecular flexibility index (Phi) is 5.18. The van der Waals surface area contributed by atoms with Gasteiger partial charge in [0.25, 0.3) is 0 Å². The molecule has 0 amide bonds. The fourth-order valence-electron chi connectivity index (χ4n) is 3.32. The molecule has 5 heteroatoms. The molecule has 1 aromatic carbocycles. The number of aliphatic imine (C=N–C) groups is 1. The van der Waals surface area contributed by atoms with Crippen LogP contribution in [0.3, 0.4) is 0 Å². The van der Waals surface area contributed by atoms with Crippen LogP contribution in [-0.2, 0) is 15.9 Å². The highest BCUT2D eigenvalue weighted by Crippen LogP contribution is 2.37. The summed E-state index contributed by atoms with van der Waals surface area (Å²) < 4.78 is 12.0. The molecule has 126 valence electrons. The van der Waals surface area contributed by atoms with Crippen LogP contribution in [0.1, 0.15) is 44.6 Å². The molecule has 1 aromatic rings. The second-order valence-electron chi connectivity index (χ2n) is 6.43. The smallest absolute Gasteiger partial charge is 0.193 e. The quantitative estimate of drug-likeness (QED) is 0.661. The number of benzene rings is 1. The van der Waals surface area contributed by atoms with Crippen molar-refractivity contribution in [2.75, 3.05) is 18.5 Å². The number of nitrogens with zero attached hydrogens (tertiary/aromatic N) is 1. The molecular weight excluding hydrogens is 290 g/mol. The third kappa shape index (κ3) is 4.24. The lowest BCUT2D eigenvalue weighted by Gasteiger charge is -2.31. The number of hydrogen-bond donors (Lipinski definition) is 2. The van der Waals surface area contributed by atoms with Gasteiger partial charge in [0.15, 0.2) is 11.7 Å². The highest BCUT2D eigenvalue weighted by atomic mass is 16.7. The summed E-state index contributed by atoms with van der Waals surface area (Å²) >= 11 is 0. The molecule has 0 aromatic heterocycles. The van der Waals surface area contributed by atoms with E-state index in [-0.39, 0.29) is 11.9 Å². The molecule has 1 unspecified atom stereocenters. The monoisotopic (exact) mass is 317 g/mol. The average Bonchev–Trinajstić information content (AvgIpc) is 2.96. The molecule has 1 spiro atoms. The van der Waals surface area contributed by atoms with Gasteiger partial charge in [-0.1, -0.05) is 25.5 Å². The summed E-state index contributed by atoms with van der Waals surface area (Å²) in [4.78, 5) is 4.41. The number of nitrogens with one attached hydrogen (secondary N) is 1. The van der Waals surface area contributed by atoms with Crippen molar-refractivity contribution in [2.45, 2.75) is 57.3 Å². The van der Waals surface area contributed by atoms with Gasteiger partial charge in [-0.2, -0.15) is 0 Å². The number of guanidine groups is 1. The molecule has 2 aliphatic rings. The lowest BCUT2D eigenvalue weighted by molar-refractivity contribution is -0.186. The van der Waals surface area contributed by atoms with E-state index in [0.29, 0.717) is 19.1 Å². The van der Waals surface area contributed by atoms with Crippen molar-refractivity contribution < 1.29 is 9.47 Å². The van der Waals surface area contributed by atoms with Gasteiger partial charge < -0.3 is 20.5 Å². The average molecular weight is 317 g/mol. The lowest BCUT2D eigenvalue weighted by Crippen LogP contribution is -2.34. The van der Waals surface area contributed by atoms with Gasteiger partial charge in [0, 0.05) is 18.5 Å². The van der Waals surface area contributed by atoms with E-state index in [1.54, 1.807) is 0 Å². The predicted octanol–water partition coefficient (Wildman–Crippen LogP) is 3.05. The van der Waals surface area contributed by atoms with Crippen LogP contribution in [0, 0.1) is 0 Å². The van der Waals surface area contributed by atoms with Gasteiger partial charge in [-0.25, -0.2) is 0 Å². The molecule has 1 aliphatic carbocycles. The van der Waals surface area contributed by atoms with Gasteiger partial charge in [0.1, 0.15) is 6.10 Å². The number of nitrogens with two attached hydrogens (primary N) is 1. The first kappa shape index (κ1) is 16.3. The van der Waals surface area contributed by atoms with Crippen LogP contribution in [0.2, 0.25) is 0 Å². The third-order valence-corrected chi connectivity index (χ3v) is 4.60. The maximum Gasteiger partial charge on any atom is 0.193 e.